The van der Waals surface area contributed by atoms with Crippen LogP contribution < -0.4 is 10.6 Å². The molecule has 0 saturated heterocycles. The lowest BCUT2D eigenvalue weighted by atomic mass is 9.88. The van der Waals surface area contributed by atoms with Crippen LogP contribution in [-0.4, -0.2) is 26.6 Å². The van der Waals surface area contributed by atoms with Gasteiger partial charge in [-0.1, -0.05) is 37.5 Å². The smallest absolute Gasteiger partial charge is 0.251 e. The fourth-order valence-electron chi connectivity index (χ4n) is 3.74. The van der Waals surface area contributed by atoms with Crippen molar-refractivity contribution in [3.05, 3.63) is 72.3 Å². The molecule has 0 aliphatic heterocycles. The molecule has 1 aromatic heterocycles. The van der Waals surface area contributed by atoms with Gasteiger partial charge in [0.15, 0.2) is 0 Å². The summed E-state index contributed by atoms with van der Waals surface area (Å²) in [6.07, 6.45) is 8.45. The number of nitrogens with one attached hydrogen (secondary N) is 2. The van der Waals surface area contributed by atoms with Crippen LogP contribution >= 0.6 is 0 Å². The Kier molecular flexibility index (Phi) is 6.17. The third-order valence-electron chi connectivity index (χ3n) is 5.44. The maximum Gasteiger partial charge on any atom is 0.251 e. The summed E-state index contributed by atoms with van der Waals surface area (Å²) in [5.41, 5.74) is 3.07. The molecule has 2 aromatic carbocycles. The maximum atomic E-state index is 12.6. The molecule has 154 valence electrons. The Morgan fingerprint density at radius 1 is 1.03 bits per heavy atom. The van der Waals surface area contributed by atoms with Crippen molar-refractivity contribution >= 4 is 17.5 Å². The van der Waals surface area contributed by atoms with Crippen molar-refractivity contribution in [2.75, 3.05) is 5.32 Å². The van der Waals surface area contributed by atoms with Gasteiger partial charge in [0, 0.05) is 23.7 Å². The first-order chi connectivity index (χ1) is 14.7. The molecule has 1 saturated carbocycles. The highest BCUT2D eigenvalue weighted by molar-refractivity contribution is 5.97. The molecule has 4 rings (SSSR count). The molecular formula is C23H25N5O2. The van der Waals surface area contributed by atoms with Gasteiger partial charge in [-0.05, 0) is 48.7 Å². The predicted molar refractivity (Wildman–Crippen MR) is 114 cm³/mol. The summed E-state index contributed by atoms with van der Waals surface area (Å²) >= 11 is 0. The van der Waals surface area contributed by atoms with E-state index in [1.165, 1.54) is 12.7 Å². The minimum Gasteiger partial charge on any atom is -0.348 e. The van der Waals surface area contributed by atoms with Crippen LogP contribution in [0.2, 0.25) is 0 Å². The summed E-state index contributed by atoms with van der Waals surface area (Å²) in [6.45, 7) is 0.412. The summed E-state index contributed by atoms with van der Waals surface area (Å²) in [7, 11) is 0. The Labute approximate surface area is 175 Å². The Hall–Kier alpha value is -3.48. The van der Waals surface area contributed by atoms with Crippen molar-refractivity contribution in [1.29, 1.82) is 0 Å². The van der Waals surface area contributed by atoms with Crippen molar-refractivity contribution in [3.8, 4) is 5.69 Å². The zero-order chi connectivity index (χ0) is 20.8. The summed E-state index contributed by atoms with van der Waals surface area (Å²) in [4.78, 5) is 28.9. The molecule has 1 aliphatic carbocycles. The summed E-state index contributed by atoms with van der Waals surface area (Å²) in [5.74, 6) is -0.0411. The second-order valence-electron chi connectivity index (χ2n) is 7.59. The van der Waals surface area contributed by atoms with Crippen molar-refractivity contribution in [1.82, 2.24) is 20.1 Å². The first kappa shape index (κ1) is 19.8. The minimum absolute atomic E-state index is 0.0553. The zero-order valence-corrected chi connectivity index (χ0v) is 16.8. The number of hydrogen-bond acceptors (Lipinski definition) is 4. The van der Waals surface area contributed by atoms with Gasteiger partial charge in [-0.25, -0.2) is 9.67 Å². The van der Waals surface area contributed by atoms with Crippen molar-refractivity contribution < 1.29 is 9.59 Å². The van der Waals surface area contributed by atoms with Crippen LogP contribution in [0.4, 0.5) is 5.69 Å². The second kappa shape index (κ2) is 9.35. The van der Waals surface area contributed by atoms with Gasteiger partial charge >= 0.3 is 0 Å². The van der Waals surface area contributed by atoms with Gasteiger partial charge in [-0.2, -0.15) is 5.10 Å². The fourth-order valence-corrected chi connectivity index (χ4v) is 3.74. The van der Waals surface area contributed by atoms with E-state index in [4.69, 9.17) is 0 Å². The molecule has 0 atom stereocenters. The van der Waals surface area contributed by atoms with Crippen LogP contribution in [0.1, 0.15) is 48.0 Å². The number of nitrogens with zero attached hydrogens (tertiary/aromatic N) is 3. The Bertz CT molecular complexity index is 993. The molecule has 7 nitrogen and oxygen atoms in total. The lowest BCUT2D eigenvalue weighted by Crippen LogP contribution is -2.25. The lowest BCUT2D eigenvalue weighted by Gasteiger charge is -2.20. The first-order valence-corrected chi connectivity index (χ1v) is 10.3. The van der Waals surface area contributed by atoms with Gasteiger partial charge in [0.05, 0.1) is 5.69 Å². The Morgan fingerprint density at radius 2 is 1.83 bits per heavy atom. The second-order valence-corrected chi connectivity index (χ2v) is 7.59. The van der Waals surface area contributed by atoms with Gasteiger partial charge in [0.2, 0.25) is 5.91 Å². The normalized spacial score (nSPS) is 14.3. The van der Waals surface area contributed by atoms with Crippen LogP contribution in [0.5, 0.6) is 0 Å². The van der Waals surface area contributed by atoms with E-state index in [1.807, 2.05) is 30.3 Å². The van der Waals surface area contributed by atoms with Gasteiger partial charge < -0.3 is 10.6 Å². The number of amides is 2. The minimum atomic E-state index is -0.177. The van der Waals surface area contributed by atoms with E-state index < -0.39 is 0 Å². The highest BCUT2D eigenvalue weighted by Gasteiger charge is 2.21. The molecule has 2 N–H and O–H groups in total. The number of rotatable bonds is 6. The van der Waals surface area contributed by atoms with E-state index in [0.717, 1.165) is 36.9 Å². The first-order valence-electron chi connectivity index (χ1n) is 10.3. The molecule has 0 unspecified atom stereocenters. The molecule has 30 heavy (non-hydrogen) atoms. The molecule has 1 aliphatic rings. The average molecular weight is 403 g/mol. The largest absolute Gasteiger partial charge is 0.348 e. The molecule has 2 amide bonds. The number of aromatic nitrogens is 3. The summed E-state index contributed by atoms with van der Waals surface area (Å²) in [5, 5.41) is 9.99. The van der Waals surface area contributed by atoms with E-state index >= 15 is 0 Å². The van der Waals surface area contributed by atoms with Gasteiger partial charge in [-0.3, -0.25) is 9.59 Å². The predicted octanol–water partition coefficient (Wildman–Crippen LogP) is 3.72. The van der Waals surface area contributed by atoms with E-state index in [2.05, 4.69) is 20.7 Å². The molecular weight excluding hydrogens is 378 g/mol. The van der Waals surface area contributed by atoms with Crippen LogP contribution in [0.25, 0.3) is 5.69 Å². The van der Waals surface area contributed by atoms with E-state index in [0.29, 0.717) is 17.8 Å². The summed E-state index contributed by atoms with van der Waals surface area (Å²) < 4.78 is 1.68. The third-order valence-corrected chi connectivity index (χ3v) is 5.44. The molecule has 3 aromatic rings. The number of hydrogen-bond donors (Lipinski definition) is 2. The topological polar surface area (TPSA) is 88.9 Å². The monoisotopic (exact) mass is 403 g/mol. The van der Waals surface area contributed by atoms with E-state index in [9.17, 15) is 9.59 Å². The standard InChI is InChI=1S/C23H25N5O2/c29-22(25-14-17-9-11-21(12-10-17)28-16-24-15-26-28)19-7-4-8-20(13-19)27-23(30)18-5-2-1-3-6-18/h4,7-13,15-16,18H,1-3,5-6,14H2,(H,25,29)(H,27,30). The van der Waals surface area contributed by atoms with Crippen molar-refractivity contribution in [2.24, 2.45) is 5.92 Å². The molecule has 0 radical (unpaired) electrons. The Balaban J connectivity index is 1.33. The third kappa shape index (κ3) is 4.92. The van der Waals surface area contributed by atoms with E-state index in [1.54, 1.807) is 29.2 Å². The molecule has 0 spiro atoms. The van der Waals surface area contributed by atoms with Crippen LogP contribution in [0, 0.1) is 5.92 Å². The summed E-state index contributed by atoms with van der Waals surface area (Å²) in [6, 6.07) is 14.8. The quantitative estimate of drug-likeness (QED) is 0.657. The average Bonchev–Trinajstić information content (AvgIpc) is 3.33. The molecule has 7 heteroatoms. The van der Waals surface area contributed by atoms with Crippen LogP contribution in [-0.2, 0) is 11.3 Å². The van der Waals surface area contributed by atoms with Crippen LogP contribution in [0.15, 0.2) is 61.2 Å². The van der Waals surface area contributed by atoms with Gasteiger partial charge in [0.1, 0.15) is 12.7 Å². The highest BCUT2D eigenvalue weighted by atomic mass is 16.2. The van der Waals surface area contributed by atoms with Gasteiger partial charge in [0.25, 0.3) is 5.91 Å². The number of benzene rings is 2. The molecule has 1 fully saturated rings. The fraction of sp³-hybridized carbons (Fsp3) is 0.304. The maximum absolute atomic E-state index is 12.6. The Morgan fingerprint density at radius 3 is 2.57 bits per heavy atom. The lowest BCUT2D eigenvalue weighted by molar-refractivity contribution is -0.120. The van der Waals surface area contributed by atoms with Crippen molar-refractivity contribution in [3.63, 3.8) is 0 Å². The number of anilines is 1. The SMILES string of the molecule is O=C(NCc1ccc(-n2cncn2)cc1)c1cccc(NC(=O)C2CCCCC2)c1. The number of carbonyl (C=O) groups excluding carboxylic acids is 2. The molecule has 0 bridgehead atoms. The van der Waals surface area contributed by atoms with Crippen molar-refractivity contribution in [2.45, 2.75) is 38.6 Å². The zero-order valence-electron chi connectivity index (χ0n) is 16.8. The van der Waals surface area contributed by atoms with Crippen LogP contribution in [0.3, 0.4) is 0 Å². The number of carbonyl (C=O) groups is 2. The van der Waals surface area contributed by atoms with Gasteiger partial charge in [-0.15, -0.1) is 0 Å². The highest BCUT2D eigenvalue weighted by Crippen LogP contribution is 2.25. The molecule has 1 heterocycles. The van der Waals surface area contributed by atoms with E-state index in [-0.39, 0.29) is 17.7 Å².